The Morgan fingerprint density at radius 1 is 1.35 bits per heavy atom. The summed E-state index contributed by atoms with van der Waals surface area (Å²) in [5.41, 5.74) is 1.61. The topological polar surface area (TPSA) is 57.7 Å². The normalized spacial score (nSPS) is 16.2. The molecule has 1 aromatic rings. The number of pyridine rings is 1. The van der Waals surface area contributed by atoms with Crippen molar-refractivity contribution >= 4 is 11.6 Å². The summed E-state index contributed by atoms with van der Waals surface area (Å²) in [7, 11) is 3.73. The smallest absolute Gasteiger partial charge is 0.253 e. The van der Waals surface area contributed by atoms with Crippen LogP contribution < -0.4 is 10.2 Å². The molecule has 0 aromatic carbocycles. The lowest BCUT2D eigenvalue weighted by molar-refractivity contribution is 0.0936. The lowest BCUT2D eigenvalue weighted by Gasteiger charge is -2.33. The van der Waals surface area contributed by atoms with Crippen molar-refractivity contribution in [2.75, 3.05) is 58.4 Å². The molecule has 110 valence electrons. The summed E-state index contributed by atoms with van der Waals surface area (Å²) in [6.45, 7) is 5.01. The van der Waals surface area contributed by atoms with Crippen molar-refractivity contribution < 1.29 is 9.53 Å². The molecule has 0 bridgehead atoms. The number of carbonyl (C=O) groups is 1. The van der Waals surface area contributed by atoms with E-state index >= 15 is 0 Å². The predicted molar refractivity (Wildman–Crippen MR) is 78.2 cm³/mol. The van der Waals surface area contributed by atoms with Gasteiger partial charge in [0, 0.05) is 46.0 Å². The van der Waals surface area contributed by atoms with Gasteiger partial charge in [0.1, 0.15) is 0 Å². The maximum absolute atomic E-state index is 12.0. The van der Waals surface area contributed by atoms with Crippen LogP contribution >= 0.6 is 0 Å². The second-order valence-corrected chi connectivity index (χ2v) is 4.97. The van der Waals surface area contributed by atoms with Crippen molar-refractivity contribution in [3.63, 3.8) is 0 Å². The van der Waals surface area contributed by atoms with Crippen LogP contribution in [0.5, 0.6) is 0 Å². The van der Waals surface area contributed by atoms with Gasteiger partial charge in [0.25, 0.3) is 5.91 Å². The molecule has 1 N–H and O–H groups in total. The molecule has 2 rings (SSSR count). The average molecular weight is 278 g/mol. The van der Waals surface area contributed by atoms with E-state index in [0.717, 1.165) is 31.9 Å². The highest BCUT2D eigenvalue weighted by Crippen LogP contribution is 2.16. The Morgan fingerprint density at radius 3 is 2.80 bits per heavy atom. The van der Waals surface area contributed by atoms with E-state index in [1.807, 2.05) is 12.3 Å². The molecule has 0 unspecified atom stereocenters. The van der Waals surface area contributed by atoms with Crippen molar-refractivity contribution in [1.29, 1.82) is 0 Å². The molecular weight excluding hydrogens is 256 g/mol. The van der Waals surface area contributed by atoms with Crippen LogP contribution in [-0.2, 0) is 4.74 Å². The van der Waals surface area contributed by atoms with Crippen LogP contribution in [0, 0.1) is 0 Å². The maximum Gasteiger partial charge on any atom is 0.253 e. The van der Waals surface area contributed by atoms with Gasteiger partial charge in [0.15, 0.2) is 0 Å². The third-order valence-electron chi connectivity index (χ3n) is 3.45. The van der Waals surface area contributed by atoms with Gasteiger partial charge < -0.3 is 19.9 Å². The number of methoxy groups -OCH3 is 1. The number of nitrogens with zero attached hydrogens (tertiary/aromatic N) is 3. The molecule has 0 spiro atoms. The summed E-state index contributed by atoms with van der Waals surface area (Å²) in [4.78, 5) is 20.7. The first kappa shape index (κ1) is 14.7. The van der Waals surface area contributed by atoms with Crippen molar-refractivity contribution in [1.82, 2.24) is 15.2 Å². The number of aromatic nitrogens is 1. The van der Waals surface area contributed by atoms with E-state index in [-0.39, 0.29) is 5.91 Å². The lowest BCUT2D eigenvalue weighted by atomic mass is 10.2. The highest BCUT2D eigenvalue weighted by Gasteiger charge is 2.16. The summed E-state index contributed by atoms with van der Waals surface area (Å²) in [6.07, 6.45) is 3.42. The molecule has 2 heterocycles. The van der Waals surface area contributed by atoms with Gasteiger partial charge in [-0.25, -0.2) is 0 Å². The molecular formula is C14H22N4O2. The van der Waals surface area contributed by atoms with Gasteiger partial charge >= 0.3 is 0 Å². The number of hydrogen-bond donors (Lipinski definition) is 1. The zero-order chi connectivity index (χ0) is 14.4. The van der Waals surface area contributed by atoms with Gasteiger partial charge in [-0.15, -0.1) is 0 Å². The molecule has 20 heavy (non-hydrogen) atoms. The van der Waals surface area contributed by atoms with Crippen LogP contribution in [0.2, 0.25) is 0 Å². The van der Waals surface area contributed by atoms with E-state index in [2.05, 4.69) is 27.1 Å². The number of amides is 1. The molecule has 0 aliphatic carbocycles. The molecule has 1 saturated heterocycles. The van der Waals surface area contributed by atoms with E-state index in [1.165, 1.54) is 0 Å². The van der Waals surface area contributed by atoms with Crippen LogP contribution in [0.15, 0.2) is 18.5 Å². The van der Waals surface area contributed by atoms with E-state index in [4.69, 9.17) is 4.74 Å². The molecule has 6 heteroatoms. The van der Waals surface area contributed by atoms with Crippen LogP contribution in [0.25, 0.3) is 0 Å². The highest BCUT2D eigenvalue weighted by atomic mass is 16.5. The average Bonchev–Trinajstić information content (AvgIpc) is 2.48. The van der Waals surface area contributed by atoms with Gasteiger partial charge in [0.2, 0.25) is 0 Å². The van der Waals surface area contributed by atoms with E-state index in [1.54, 1.807) is 13.3 Å². The van der Waals surface area contributed by atoms with Gasteiger partial charge in [-0.3, -0.25) is 9.78 Å². The molecule has 1 aliphatic rings. The Morgan fingerprint density at radius 2 is 2.10 bits per heavy atom. The van der Waals surface area contributed by atoms with Gasteiger partial charge in [-0.2, -0.15) is 0 Å². The molecule has 0 radical (unpaired) electrons. The summed E-state index contributed by atoms with van der Waals surface area (Å²) >= 11 is 0. The fraction of sp³-hybridized carbons (Fsp3) is 0.571. The van der Waals surface area contributed by atoms with E-state index in [0.29, 0.717) is 18.7 Å². The standard InChI is InChI=1S/C14H22N4O2/c1-17-4-6-18(7-5-17)13-9-12(10-15-11-13)14(19)16-3-8-20-2/h9-11H,3-8H2,1-2H3,(H,16,19). The Balaban J connectivity index is 1.98. The molecule has 1 aliphatic heterocycles. The fourth-order valence-electron chi connectivity index (χ4n) is 2.16. The van der Waals surface area contributed by atoms with E-state index < -0.39 is 0 Å². The fourth-order valence-corrected chi connectivity index (χ4v) is 2.16. The number of rotatable bonds is 5. The van der Waals surface area contributed by atoms with Crippen molar-refractivity contribution in [2.45, 2.75) is 0 Å². The van der Waals surface area contributed by atoms with Crippen molar-refractivity contribution in [2.24, 2.45) is 0 Å². The minimum atomic E-state index is -0.106. The van der Waals surface area contributed by atoms with Gasteiger partial charge in [-0.05, 0) is 13.1 Å². The minimum Gasteiger partial charge on any atom is -0.383 e. The zero-order valence-corrected chi connectivity index (χ0v) is 12.1. The molecule has 1 fully saturated rings. The Labute approximate surface area is 119 Å². The Hall–Kier alpha value is -1.66. The minimum absolute atomic E-state index is 0.106. The zero-order valence-electron chi connectivity index (χ0n) is 12.1. The third-order valence-corrected chi connectivity index (χ3v) is 3.45. The summed E-state index contributed by atoms with van der Waals surface area (Å²) in [5.74, 6) is -0.106. The molecule has 1 aromatic heterocycles. The van der Waals surface area contributed by atoms with Crippen molar-refractivity contribution in [3.8, 4) is 0 Å². The first-order chi connectivity index (χ1) is 9.70. The SMILES string of the molecule is COCCNC(=O)c1cncc(N2CCN(C)CC2)c1. The van der Waals surface area contributed by atoms with E-state index in [9.17, 15) is 4.79 Å². The number of piperazine rings is 1. The molecule has 0 saturated carbocycles. The first-order valence-corrected chi connectivity index (χ1v) is 6.86. The van der Waals surface area contributed by atoms with Crippen LogP contribution in [0.1, 0.15) is 10.4 Å². The summed E-state index contributed by atoms with van der Waals surface area (Å²) in [5, 5.41) is 2.81. The Kier molecular flexibility index (Phi) is 5.31. The second-order valence-electron chi connectivity index (χ2n) is 4.97. The maximum atomic E-state index is 12.0. The number of anilines is 1. The molecule has 0 atom stereocenters. The van der Waals surface area contributed by atoms with Crippen LogP contribution in [-0.4, -0.2) is 69.3 Å². The number of likely N-dealkylation sites (N-methyl/N-ethyl adjacent to an activating group) is 1. The summed E-state index contributed by atoms with van der Waals surface area (Å²) in [6, 6.07) is 1.90. The van der Waals surface area contributed by atoms with Crippen LogP contribution in [0.3, 0.4) is 0 Å². The third kappa shape index (κ3) is 3.91. The molecule has 6 nitrogen and oxygen atoms in total. The van der Waals surface area contributed by atoms with Crippen LogP contribution in [0.4, 0.5) is 5.69 Å². The molecule has 1 amide bonds. The highest BCUT2D eigenvalue weighted by molar-refractivity contribution is 5.94. The monoisotopic (exact) mass is 278 g/mol. The number of hydrogen-bond acceptors (Lipinski definition) is 5. The number of nitrogens with one attached hydrogen (secondary N) is 1. The number of carbonyl (C=O) groups excluding carboxylic acids is 1. The quantitative estimate of drug-likeness (QED) is 0.780. The second kappa shape index (κ2) is 7.21. The van der Waals surface area contributed by atoms with Gasteiger partial charge in [-0.1, -0.05) is 0 Å². The predicted octanol–water partition coefficient (Wildman–Crippen LogP) is 0.210. The largest absolute Gasteiger partial charge is 0.383 e. The lowest BCUT2D eigenvalue weighted by Crippen LogP contribution is -2.44. The first-order valence-electron chi connectivity index (χ1n) is 6.86. The number of ether oxygens (including phenoxy) is 1. The summed E-state index contributed by atoms with van der Waals surface area (Å²) < 4.78 is 4.91. The Bertz CT molecular complexity index is 445. The van der Waals surface area contributed by atoms with Crippen molar-refractivity contribution in [3.05, 3.63) is 24.0 Å². The van der Waals surface area contributed by atoms with Gasteiger partial charge in [0.05, 0.1) is 24.1 Å².